The molecule has 0 atom stereocenters. The molecule has 13 nitrogen and oxygen atoms in total. The van der Waals surface area contributed by atoms with E-state index in [1.807, 2.05) is 92.6 Å². The van der Waals surface area contributed by atoms with Gasteiger partial charge in [-0.05, 0) is 149 Å². The second kappa shape index (κ2) is 22.5. The van der Waals surface area contributed by atoms with Gasteiger partial charge in [0.1, 0.15) is 22.6 Å². The summed E-state index contributed by atoms with van der Waals surface area (Å²) in [5.74, 6) is 0.227. The zero-order chi connectivity index (χ0) is 46.6. The first kappa shape index (κ1) is 52.0. The maximum Gasteiger partial charge on any atom is 0.410 e. The number of ether oxygens (including phenoxy) is 4. The van der Waals surface area contributed by atoms with Crippen molar-refractivity contribution < 1.29 is 43.2 Å². The zero-order valence-corrected chi connectivity index (χ0v) is 40.6. The Balaban J connectivity index is 0.000000220. The lowest BCUT2D eigenvalue weighted by Gasteiger charge is -2.42. The highest BCUT2D eigenvalue weighted by atomic mass is 35.5. The van der Waals surface area contributed by atoms with Gasteiger partial charge in [-0.2, -0.15) is 0 Å². The molecule has 0 aliphatic carbocycles. The Bertz CT molecular complexity index is 1810. The van der Waals surface area contributed by atoms with Gasteiger partial charge in [0.05, 0.1) is 17.8 Å². The van der Waals surface area contributed by atoms with Crippen LogP contribution in [0.1, 0.15) is 125 Å². The Kier molecular flexibility index (Phi) is 18.6. The Hall–Kier alpha value is -3.62. The first-order valence-electron chi connectivity index (χ1n) is 22.4. The number of aliphatic hydroxyl groups is 1. The molecule has 4 heterocycles. The Morgan fingerprint density at radius 1 is 0.603 bits per heavy atom. The lowest BCUT2D eigenvalue weighted by Crippen LogP contribution is -2.48. The van der Waals surface area contributed by atoms with E-state index in [4.69, 9.17) is 42.1 Å². The van der Waals surface area contributed by atoms with Gasteiger partial charge in [0.15, 0.2) is 0 Å². The van der Waals surface area contributed by atoms with Crippen LogP contribution in [-0.4, -0.2) is 131 Å². The van der Waals surface area contributed by atoms with Crippen molar-refractivity contribution in [3.05, 3.63) is 69.7 Å². The third kappa shape index (κ3) is 17.4. The van der Waals surface area contributed by atoms with E-state index < -0.39 is 28.0 Å². The van der Waals surface area contributed by atoms with Crippen LogP contribution in [0.4, 0.5) is 14.4 Å². The topological polar surface area (TPSA) is 138 Å². The third-order valence-electron chi connectivity index (χ3n) is 11.1. The second-order valence-corrected chi connectivity index (χ2v) is 20.8. The fourth-order valence-electron chi connectivity index (χ4n) is 7.76. The van der Waals surface area contributed by atoms with Gasteiger partial charge in [-0.3, -0.25) is 4.79 Å². The smallest absolute Gasteiger partial charge is 0.410 e. The van der Waals surface area contributed by atoms with E-state index in [1.54, 1.807) is 26.8 Å². The molecule has 63 heavy (non-hydrogen) atoms. The Morgan fingerprint density at radius 3 is 1.43 bits per heavy atom. The van der Waals surface area contributed by atoms with Crippen LogP contribution in [0.3, 0.4) is 0 Å². The van der Waals surface area contributed by atoms with E-state index in [1.165, 1.54) is 25.9 Å². The largest absolute Gasteiger partial charge is 0.444 e. The molecule has 4 aliphatic rings. The van der Waals surface area contributed by atoms with Crippen LogP contribution in [0.25, 0.3) is 0 Å². The number of carbonyl (C=O) groups is 4. The molecule has 6 rings (SSSR count). The number of hydrogen-bond acceptors (Lipinski definition) is 10. The lowest BCUT2D eigenvalue weighted by atomic mass is 9.84. The number of ketones is 1. The van der Waals surface area contributed by atoms with Crippen molar-refractivity contribution in [1.82, 2.24) is 19.6 Å². The standard InChI is InChI=1S/C22H33ClN2O3.C16H22ClNO3.C10H17NO3/c1-21(2,3)28-20(26)25-13-9-22(10-14-25,18-7-6-8-19(23)17-18)27-16-15-24-11-4-5-12-24;1-15(2,3)21-14(19)18-9-7-16(20,8-10-18)12-5-4-6-13(17)11-12;1-10(2,3)14-9(13)11-6-4-8(12)5-7-11/h6-8,17H,4-5,9-16H2,1-3H3;4-6,11,20H,7-10H2,1-3H3;4-7H2,1-3H3. The van der Waals surface area contributed by atoms with Gasteiger partial charge < -0.3 is 43.7 Å². The molecule has 4 saturated heterocycles. The fraction of sp³-hybridized carbons (Fsp3) is 0.667. The first-order valence-corrected chi connectivity index (χ1v) is 23.2. The van der Waals surface area contributed by atoms with Crippen molar-refractivity contribution in [3.63, 3.8) is 0 Å². The number of nitrogens with zero attached hydrogens (tertiary/aromatic N) is 4. The van der Waals surface area contributed by atoms with E-state index >= 15 is 0 Å². The minimum Gasteiger partial charge on any atom is -0.444 e. The molecule has 2 aromatic carbocycles. The Labute approximate surface area is 385 Å². The molecular formula is C48H72Cl2N4O9. The van der Waals surface area contributed by atoms with E-state index in [9.17, 15) is 24.3 Å². The van der Waals surface area contributed by atoms with Crippen LogP contribution in [0, 0.1) is 0 Å². The van der Waals surface area contributed by atoms with Crippen molar-refractivity contribution in [3.8, 4) is 0 Å². The molecule has 4 fully saturated rings. The summed E-state index contributed by atoms with van der Waals surface area (Å²) >= 11 is 12.2. The zero-order valence-electron chi connectivity index (χ0n) is 39.1. The van der Waals surface area contributed by atoms with Crippen LogP contribution in [0.2, 0.25) is 10.0 Å². The maximum absolute atomic E-state index is 12.4. The highest BCUT2D eigenvalue weighted by Gasteiger charge is 2.40. The molecule has 0 spiro atoms. The fourth-order valence-corrected chi connectivity index (χ4v) is 8.14. The molecule has 0 bridgehead atoms. The summed E-state index contributed by atoms with van der Waals surface area (Å²) in [6.45, 7) is 23.9. The molecule has 0 radical (unpaired) electrons. The van der Waals surface area contributed by atoms with Gasteiger partial charge >= 0.3 is 18.3 Å². The van der Waals surface area contributed by atoms with Gasteiger partial charge in [0, 0.05) is 68.7 Å². The number of hydrogen-bond donors (Lipinski definition) is 1. The quantitative estimate of drug-likeness (QED) is 0.279. The molecule has 0 saturated carbocycles. The predicted octanol–water partition coefficient (Wildman–Crippen LogP) is 9.82. The van der Waals surface area contributed by atoms with Gasteiger partial charge in [-0.1, -0.05) is 47.5 Å². The first-order chi connectivity index (χ1) is 29.4. The van der Waals surface area contributed by atoms with E-state index in [2.05, 4.69) is 11.0 Å². The summed E-state index contributed by atoms with van der Waals surface area (Å²) < 4.78 is 22.6. The number of piperidine rings is 3. The molecule has 3 amide bonds. The molecule has 0 unspecified atom stereocenters. The van der Waals surface area contributed by atoms with Gasteiger partial charge in [0.25, 0.3) is 0 Å². The molecule has 1 N–H and O–H groups in total. The molecule has 15 heteroatoms. The minimum atomic E-state index is -0.927. The van der Waals surface area contributed by atoms with Crippen LogP contribution in [0.5, 0.6) is 0 Å². The molecule has 352 valence electrons. The van der Waals surface area contributed by atoms with Gasteiger partial charge in [-0.15, -0.1) is 0 Å². The SMILES string of the molecule is CC(C)(C)OC(=O)N1CCC(=O)CC1.CC(C)(C)OC(=O)N1CCC(O)(c2cccc(Cl)c2)CC1.CC(C)(C)OC(=O)N1CCC(OCCN2CCCC2)(c2cccc(Cl)c2)CC1. The average Bonchev–Trinajstić information content (AvgIpc) is 3.71. The third-order valence-corrected chi connectivity index (χ3v) is 11.6. The normalized spacial score (nSPS) is 19.2. The van der Waals surface area contributed by atoms with Crippen molar-refractivity contribution in [2.45, 2.75) is 142 Å². The van der Waals surface area contributed by atoms with Crippen LogP contribution < -0.4 is 0 Å². The van der Waals surface area contributed by atoms with E-state index in [0.717, 1.165) is 35.5 Å². The number of amides is 3. The highest BCUT2D eigenvalue weighted by molar-refractivity contribution is 6.30. The number of likely N-dealkylation sites (tertiary alicyclic amines) is 4. The van der Waals surface area contributed by atoms with E-state index in [0.29, 0.717) is 76.6 Å². The van der Waals surface area contributed by atoms with E-state index in [-0.39, 0.29) is 24.1 Å². The molecule has 0 aromatic heterocycles. The number of carbonyl (C=O) groups excluding carboxylic acids is 4. The summed E-state index contributed by atoms with van der Waals surface area (Å²) in [5.41, 5.74) is -0.864. The van der Waals surface area contributed by atoms with Gasteiger partial charge in [0.2, 0.25) is 0 Å². The van der Waals surface area contributed by atoms with Crippen LogP contribution in [-0.2, 0) is 34.9 Å². The number of halogens is 2. The highest BCUT2D eigenvalue weighted by Crippen LogP contribution is 2.39. The molecule has 2 aromatic rings. The van der Waals surface area contributed by atoms with Crippen LogP contribution in [0.15, 0.2) is 48.5 Å². The summed E-state index contributed by atoms with van der Waals surface area (Å²) in [7, 11) is 0. The average molecular weight is 920 g/mol. The van der Waals surface area contributed by atoms with Crippen molar-refractivity contribution in [2.75, 3.05) is 65.5 Å². The molecular weight excluding hydrogens is 847 g/mol. The molecule has 4 aliphatic heterocycles. The minimum absolute atomic E-state index is 0.227. The van der Waals surface area contributed by atoms with Gasteiger partial charge in [-0.25, -0.2) is 14.4 Å². The summed E-state index contributed by atoms with van der Waals surface area (Å²) in [4.78, 5) is 54.4. The van der Waals surface area contributed by atoms with Crippen molar-refractivity contribution in [2.24, 2.45) is 0 Å². The monoisotopic (exact) mass is 918 g/mol. The summed E-state index contributed by atoms with van der Waals surface area (Å²) in [5, 5.41) is 12.1. The summed E-state index contributed by atoms with van der Waals surface area (Å²) in [6, 6.07) is 15.2. The number of rotatable bonds is 6. The lowest BCUT2D eigenvalue weighted by molar-refractivity contribution is -0.121. The predicted molar refractivity (Wildman–Crippen MR) is 246 cm³/mol. The number of Topliss-reactive ketones (excluding diaryl/α,β-unsaturated/α-hetero) is 1. The second-order valence-electron chi connectivity index (χ2n) is 19.9. The van der Waals surface area contributed by atoms with Crippen molar-refractivity contribution >= 4 is 47.3 Å². The maximum atomic E-state index is 12.4. The number of benzene rings is 2. The summed E-state index contributed by atoms with van der Waals surface area (Å²) in [6.07, 6.45) is 5.04. The van der Waals surface area contributed by atoms with Crippen molar-refractivity contribution in [1.29, 1.82) is 0 Å². The Morgan fingerprint density at radius 2 is 1.00 bits per heavy atom. The van der Waals surface area contributed by atoms with Crippen LogP contribution >= 0.6 is 23.2 Å².